The third-order valence-corrected chi connectivity index (χ3v) is 3.71. The highest BCUT2D eigenvalue weighted by molar-refractivity contribution is 5.98. The second-order valence-electron chi connectivity index (χ2n) is 5.38. The van der Waals surface area contributed by atoms with Gasteiger partial charge in [0.2, 0.25) is 0 Å². The van der Waals surface area contributed by atoms with Crippen LogP contribution in [-0.2, 0) is 13.1 Å². The number of aromatic nitrogens is 4. The van der Waals surface area contributed by atoms with Crippen LogP contribution < -0.4 is 0 Å². The molecule has 3 aromatic rings. The van der Waals surface area contributed by atoms with Crippen molar-refractivity contribution in [2.45, 2.75) is 13.1 Å². The number of carbonyl (C=O) groups excluding carboxylic acids is 1. The molecule has 122 valence electrons. The van der Waals surface area contributed by atoms with Crippen LogP contribution in [0.4, 0.5) is 5.69 Å². The van der Waals surface area contributed by atoms with Gasteiger partial charge >= 0.3 is 0 Å². The number of imidazole rings is 2. The molecule has 2 heterocycles. The van der Waals surface area contributed by atoms with Crippen LogP contribution in [0.5, 0.6) is 0 Å². The monoisotopic (exact) mass is 325 g/mol. The molecule has 0 saturated heterocycles. The van der Waals surface area contributed by atoms with E-state index in [9.17, 15) is 14.9 Å². The number of non-ortho nitro benzene ring substituents is 1. The van der Waals surface area contributed by atoms with Crippen molar-refractivity contribution in [2.24, 2.45) is 5.92 Å². The molecule has 8 heteroatoms. The third kappa shape index (κ3) is 3.54. The van der Waals surface area contributed by atoms with E-state index >= 15 is 0 Å². The molecule has 8 nitrogen and oxygen atoms in total. The summed E-state index contributed by atoms with van der Waals surface area (Å²) in [5.74, 6) is -0.415. The number of nitro benzene ring substituents is 1. The lowest BCUT2D eigenvalue weighted by Crippen LogP contribution is -2.25. The first-order valence-electron chi connectivity index (χ1n) is 7.33. The van der Waals surface area contributed by atoms with Gasteiger partial charge in [0.1, 0.15) is 0 Å². The standard InChI is InChI=1S/C16H15N5O3/c22-16(13-1-3-15(4-2-13)21(23)24)14(9-19-7-5-17-11-19)10-20-8-6-18-12-20/h1-8,11-12,14H,9-10H2. The zero-order valence-electron chi connectivity index (χ0n) is 12.7. The minimum atomic E-state index is -0.483. The van der Waals surface area contributed by atoms with Gasteiger partial charge in [-0.05, 0) is 12.1 Å². The third-order valence-electron chi connectivity index (χ3n) is 3.71. The summed E-state index contributed by atoms with van der Waals surface area (Å²) in [6.45, 7) is 0.933. The molecule has 0 atom stereocenters. The van der Waals surface area contributed by atoms with Gasteiger partial charge in [-0.3, -0.25) is 14.9 Å². The lowest BCUT2D eigenvalue weighted by molar-refractivity contribution is -0.384. The summed E-state index contributed by atoms with van der Waals surface area (Å²) in [4.78, 5) is 31.1. The number of hydrogen-bond acceptors (Lipinski definition) is 5. The second kappa shape index (κ2) is 6.86. The van der Waals surface area contributed by atoms with Crippen LogP contribution in [0.15, 0.2) is 61.7 Å². The van der Waals surface area contributed by atoms with Gasteiger partial charge in [-0.25, -0.2) is 9.97 Å². The topological polar surface area (TPSA) is 95.8 Å². The highest BCUT2D eigenvalue weighted by Crippen LogP contribution is 2.17. The predicted molar refractivity (Wildman–Crippen MR) is 85.4 cm³/mol. The zero-order valence-corrected chi connectivity index (χ0v) is 12.7. The number of Topliss-reactive ketones (excluding diaryl/α,β-unsaturated/α-hetero) is 1. The maximum Gasteiger partial charge on any atom is 0.269 e. The number of rotatable bonds is 7. The van der Waals surface area contributed by atoms with Crippen molar-refractivity contribution in [3.05, 3.63) is 77.4 Å². The molecule has 0 aliphatic rings. The quantitative estimate of drug-likeness (QED) is 0.377. The molecule has 0 bridgehead atoms. The smallest absolute Gasteiger partial charge is 0.269 e. The fourth-order valence-corrected chi connectivity index (χ4v) is 2.51. The Morgan fingerprint density at radius 2 is 1.58 bits per heavy atom. The van der Waals surface area contributed by atoms with Crippen LogP contribution in [0.3, 0.4) is 0 Å². The summed E-state index contributed by atoms with van der Waals surface area (Å²) >= 11 is 0. The van der Waals surface area contributed by atoms with Crippen molar-refractivity contribution < 1.29 is 9.72 Å². The van der Waals surface area contributed by atoms with Gasteiger partial charge < -0.3 is 9.13 Å². The van der Waals surface area contributed by atoms with E-state index in [0.29, 0.717) is 18.7 Å². The van der Waals surface area contributed by atoms with E-state index < -0.39 is 4.92 Å². The number of carbonyl (C=O) groups is 1. The van der Waals surface area contributed by atoms with Crippen molar-refractivity contribution in [2.75, 3.05) is 0 Å². The Hall–Kier alpha value is -3.29. The maximum atomic E-state index is 12.8. The van der Waals surface area contributed by atoms with E-state index in [2.05, 4.69) is 9.97 Å². The molecule has 0 radical (unpaired) electrons. The molecule has 0 saturated carbocycles. The number of hydrogen-bond donors (Lipinski definition) is 0. The van der Waals surface area contributed by atoms with Gasteiger partial charge in [-0.2, -0.15) is 0 Å². The molecule has 0 spiro atoms. The molecule has 1 aromatic carbocycles. The molecular formula is C16H15N5O3. The van der Waals surface area contributed by atoms with Crippen LogP contribution in [0.2, 0.25) is 0 Å². The zero-order chi connectivity index (χ0) is 16.9. The summed E-state index contributed by atoms with van der Waals surface area (Å²) in [5, 5.41) is 10.7. The maximum absolute atomic E-state index is 12.8. The molecule has 2 aromatic heterocycles. The average Bonchev–Trinajstić information content (AvgIpc) is 3.27. The molecule has 0 N–H and O–H groups in total. The number of ketones is 1. The van der Waals surface area contributed by atoms with Gasteiger partial charge in [-0.1, -0.05) is 0 Å². The molecule has 0 amide bonds. The van der Waals surface area contributed by atoms with E-state index in [1.165, 1.54) is 24.3 Å². The summed E-state index contributed by atoms with van der Waals surface area (Å²) in [6.07, 6.45) is 10.2. The van der Waals surface area contributed by atoms with Crippen LogP contribution in [0.25, 0.3) is 0 Å². The number of nitrogens with zero attached hydrogens (tertiary/aromatic N) is 5. The summed E-state index contributed by atoms with van der Waals surface area (Å²) in [6, 6.07) is 5.68. The Morgan fingerprint density at radius 3 is 2.00 bits per heavy atom. The van der Waals surface area contributed by atoms with Gasteiger partial charge in [0.25, 0.3) is 5.69 Å². The highest BCUT2D eigenvalue weighted by atomic mass is 16.6. The first kappa shape index (κ1) is 15.6. The molecule has 0 unspecified atom stereocenters. The number of benzene rings is 1. The van der Waals surface area contributed by atoms with Crippen LogP contribution in [0.1, 0.15) is 10.4 Å². The van der Waals surface area contributed by atoms with Gasteiger partial charge in [-0.15, -0.1) is 0 Å². The molecule has 0 fully saturated rings. The summed E-state index contributed by atoms with van der Waals surface area (Å²) in [5.41, 5.74) is 0.415. The largest absolute Gasteiger partial charge is 0.337 e. The van der Waals surface area contributed by atoms with Crippen molar-refractivity contribution >= 4 is 11.5 Å². The molecular weight excluding hydrogens is 310 g/mol. The number of nitro groups is 1. The van der Waals surface area contributed by atoms with Crippen LogP contribution >= 0.6 is 0 Å². The normalized spacial score (nSPS) is 10.9. The fraction of sp³-hybridized carbons (Fsp3) is 0.188. The van der Waals surface area contributed by atoms with Gasteiger partial charge in [0, 0.05) is 55.6 Å². The Kier molecular flexibility index (Phi) is 4.46. The minimum absolute atomic E-state index is 0.0349. The Morgan fingerprint density at radius 1 is 1.04 bits per heavy atom. The first-order valence-corrected chi connectivity index (χ1v) is 7.33. The molecule has 0 aliphatic carbocycles. The van der Waals surface area contributed by atoms with E-state index in [4.69, 9.17) is 0 Å². The Bertz CT molecular complexity index is 774. The summed E-state index contributed by atoms with van der Waals surface area (Å²) < 4.78 is 3.68. The van der Waals surface area contributed by atoms with E-state index in [-0.39, 0.29) is 17.4 Å². The average molecular weight is 325 g/mol. The Labute approximate surface area is 137 Å². The predicted octanol–water partition coefficient (Wildman–Crippen LogP) is 2.19. The van der Waals surface area contributed by atoms with E-state index in [0.717, 1.165) is 0 Å². The second-order valence-corrected chi connectivity index (χ2v) is 5.38. The molecule has 24 heavy (non-hydrogen) atoms. The van der Waals surface area contributed by atoms with Crippen molar-refractivity contribution in [3.63, 3.8) is 0 Å². The highest BCUT2D eigenvalue weighted by Gasteiger charge is 2.22. The molecule has 0 aliphatic heterocycles. The van der Waals surface area contributed by atoms with Crippen LogP contribution in [0, 0.1) is 16.0 Å². The SMILES string of the molecule is O=C(c1ccc([N+](=O)[O-])cc1)C(Cn1ccnc1)Cn1ccnc1. The van der Waals surface area contributed by atoms with Crippen molar-refractivity contribution in [3.8, 4) is 0 Å². The van der Waals surface area contributed by atoms with Gasteiger partial charge in [0.05, 0.1) is 23.5 Å². The molecule has 3 rings (SSSR count). The summed E-state index contributed by atoms with van der Waals surface area (Å²) in [7, 11) is 0. The minimum Gasteiger partial charge on any atom is -0.337 e. The van der Waals surface area contributed by atoms with Crippen molar-refractivity contribution in [1.82, 2.24) is 19.1 Å². The Balaban J connectivity index is 1.82. The van der Waals surface area contributed by atoms with Crippen LogP contribution in [-0.4, -0.2) is 29.8 Å². The fourth-order valence-electron chi connectivity index (χ4n) is 2.51. The first-order chi connectivity index (χ1) is 11.6. The van der Waals surface area contributed by atoms with Gasteiger partial charge in [0.15, 0.2) is 5.78 Å². The lowest BCUT2D eigenvalue weighted by Gasteiger charge is -2.17. The van der Waals surface area contributed by atoms with Crippen molar-refractivity contribution in [1.29, 1.82) is 0 Å². The van der Waals surface area contributed by atoms with E-state index in [1.807, 2.05) is 9.13 Å². The van der Waals surface area contributed by atoms with E-state index in [1.54, 1.807) is 37.4 Å². The lowest BCUT2D eigenvalue weighted by atomic mass is 9.97.